The first-order valence-corrected chi connectivity index (χ1v) is 16.0. The molecule has 0 bridgehead atoms. The van der Waals surface area contributed by atoms with Gasteiger partial charge in [0.25, 0.3) is 10.0 Å². The summed E-state index contributed by atoms with van der Waals surface area (Å²) in [5.74, 6) is -0.0209. The fraction of sp³-hybridized carbons (Fsp3) is 0.276. The van der Waals surface area contributed by atoms with E-state index in [1.165, 1.54) is 28.6 Å². The number of halogens is 4. The number of aromatic nitrogens is 2. The van der Waals surface area contributed by atoms with E-state index in [9.17, 15) is 26.4 Å². The normalized spacial score (nSPS) is 16.6. The molecule has 2 atom stereocenters. The highest BCUT2D eigenvalue weighted by molar-refractivity contribution is 7.91. The van der Waals surface area contributed by atoms with Gasteiger partial charge in [-0.05, 0) is 73.9 Å². The van der Waals surface area contributed by atoms with Crippen molar-refractivity contribution in [3.8, 4) is 11.3 Å². The predicted molar refractivity (Wildman–Crippen MR) is 159 cm³/mol. The number of sulfonamides is 1. The number of rotatable bonds is 9. The van der Waals surface area contributed by atoms with Gasteiger partial charge in [-0.3, -0.25) is 9.78 Å². The number of anilines is 1. The summed E-state index contributed by atoms with van der Waals surface area (Å²) in [6.07, 6.45) is -1.91. The highest BCUT2D eigenvalue weighted by Gasteiger charge is 2.40. The number of carbonyl (C=O) groups is 1. The first-order chi connectivity index (χ1) is 20.4. The number of carbonyl (C=O) groups excluding carboxylic acids is 1. The molecular weight excluding hydrogens is 623 g/mol. The number of nitrogens with one attached hydrogen (secondary N) is 2. The first kappa shape index (κ1) is 30.9. The second-order valence-corrected chi connectivity index (χ2v) is 13.8. The highest BCUT2D eigenvalue weighted by atomic mass is 35.5. The van der Waals surface area contributed by atoms with E-state index in [4.69, 9.17) is 11.6 Å². The number of pyridine rings is 2. The van der Waals surface area contributed by atoms with Crippen molar-refractivity contribution in [3.63, 3.8) is 0 Å². The fourth-order valence-corrected chi connectivity index (χ4v) is 8.09. The molecule has 1 aliphatic heterocycles. The Kier molecular flexibility index (Phi) is 9.07. The summed E-state index contributed by atoms with van der Waals surface area (Å²) in [6, 6.07) is 15.4. The van der Waals surface area contributed by atoms with Crippen molar-refractivity contribution in [3.05, 3.63) is 94.1 Å². The smallest absolute Gasteiger partial charge is 0.362 e. The van der Waals surface area contributed by atoms with Crippen LogP contribution in [-0.4, -0.2) is 41.2 Å². The summed E-state index contributed by atoms with van der Waals surface area (Å²) in [5.41, 5.74) is 1.45. The Morgan fingerprint density at radius 3 is 2.56 bits per heavy atom. The summed E-state index contributed by atoms with van der Waals surface area (Å²) in [6.45, 7) is 2.14. The largest absolute Gasteiger partial charge is 0.416 e. The quantitative estimate of drug-likeness (QED) is 0.214. The third kappa shape index (κ3) is 7.18. The van der Waals surface area contributed by atoms with Crippen LogP contribution in [-0.2, 0) is 27.5 Å². The molecule has 1 saturated heterocycles. The lowest BCUT2D eigenvalue weighted by Crippen LogP contribution is -2.45. The van der Waals surface area contributed by atoms with Gasteiger partial charge in [-0.15, -0.1) is 11.3 Å². The second kappa shape index (κ2) is 12.6. The van der Waals surface area contributed by atoms with E-state index in [0.29, 0.717) is 39.8 Å². The third-order valence-electron chi connectivity index (χ3n) is 6.97. The molecule has 0 spiro atoms. The van der Waals surface area contributed by atoms with Crippen LogP contribution >= 0.6 is 22.9 Å². The Bertz CT molecular complexity index is 1700. The van der Waals surface area contributed by atoms with E-state index in [1.54, 1.807) is 24.4 Å². The Hall–Kier alpha value is -3.52. The molecular formula is C29H27ClF3N5O3S2. The maximum atomic E-state index is 13.3. The van der Waals surface area contributed by atoms with Crippen molar-refractivity contribution in [1.29, 1.82) is 0 Å². The Morgan fingerprint density at radius 1 is 1.14 bits per heavy atom. The maximum absolute atomic E-state index is 13.3. The summed E-state index contributed by atoms with van der Waals surface area (Å²) < 4.78 is 67.4. The lowest BCUT2D eigenvalue weighted by Gasteiger charge is -2.23. The SMILES string of the molecule is CC(Nc1cc(CNC(=O)C2CCCN2S(=O)(=O)c2ccc(Cl)s2)cc(-c2ccc(C(F)(F)F)cc2)n1)c1ccccn1. The Morgan fingerprint density at radius 2 is 1.91 bits per heavy atom. The molecule has 1 fully saturated rings. The molecule has 0 radical (unpaired) electrons. The fourth-order valence-electron chi connectivity index (χ4n) is 4.82. The summed E-state index contributed by atoms with van der Waals surface area (Å²) in [4.78, 5) is 22.2. The van der Waals surface area contributed by atoms with Gasteiger partial charge in [0.15, 0.2) is 0 Å². The van der Waals surface area contributed by atoms with E-state index < -0.39 is 33.7 Å². The van der Waals surface area contributed by atoms with Crippen molar-refractivity contribution in [2.75, 3.05) is 11.9 Å². The average molecular weight is 650 g/mol. The molecule has 8 nitrogen and oxygen atoms in total. The van der Waals surface area contributed by atoms with Crippen LogP contribution in [0.15, 0.2) is 77.1 Å². The van der Waals surface area contributed by atoms with Gasteiger partial charge in [0.1, 0.15) is 16.1 Å². The molecule has 43 heavy (non-hydrogen) atoms. The van der Waals surface area contributed by atoms with Crippen LogP contribution in [0.1, 0.15) is 42.6 Å². The van der Waals surface area contributed by atoms with Crippen LogP contribution in [0.5, 0.6) is 0 Å². The third-order valence-corrected chi connectivity index (χ3v) is 10.6. The van der Waals surface area contributed by atoms with Crippen molar-refractivity contribution in [2.45, 2.75) is 48.8 Å². The molecule has 1 amide bonds. The van der Waals surface area contributed by atoms with Gasteiger partial charge in [-0.1, -0.05) is 29.8 Å². The van der Waals surface area contributed by atoms with Gasteiger partial charge in [-0.2, -0.15) is 17.5 Å². The van der Waals surface area contributed by atoms with E-state index in [1.807, 2.05) is 19.1 Å². The molecule has 4 heterocycles. The summed E-state index contributed by atoms with van der Waals surface area (Å²) >= 11 is 6.88. The molecule has 2 unspecified atom stereocenters. The van der Waals surface area contributed by atoms with Crippen LogP contribution in [0.25, 0.3) is 11.3 Å². The molecule has 0 aliphatic carbocycles. The topological polar surface area (TPSA) is 104 Å². The van der Waals surface area contributed by atoms with Crippen LogP contribution < -0.4 is 10.6 Å². The van der Waals surface area contributed by atoms with E-state index >= 15 is 0 Å². The van der Waals surface area contributed by atoms with Gasteiger partial charge in [0.2, 0.25) is 5.91 Å². The Balaban J connectivity index is 1.38. The zero-order valence-electron chi connectivity index (χ0n) is 22.8. The highest BCUT2D eigenvalue weighted by Crippen LogP contribution is 2.33. The van der Waals surface area contributed by atoms with Crippen molar-refractivity contribution >= 4 is 44.7 Å². The maximum Gasteiger partial charge on any atom is 0.416 e. The van der Waals surface area contributed by atoms with Crippen LogP contribution in [0.3, 0.4) is 0 Å². The lowest BCUT2D eigenvalue weighted by molar-refractivity contribution is -0.137. The molecule has 1 aromatic carbocycles. The zero-order valence-corrected chi connectivity index (χ0v) is 25.2. The zero-order chi connectivity index (χ0) is 30.8. The van der Waals surface area contributed by atoms with E-state index in [0.717, 1.165) is 29.2 Å². The number of hydrogen-bond donors (Lipinski definition) is 2. The number of nitrogens with zero attached hydrogens (tertiary/aromatic N) is 3. The van der Waals surface area contributed by atoms with Crippen molar-refractivity contribution in [2.24, 2.45) is 0 Å². The summed E-state index contributed by atoms with van der Waals surface area (Å²) in [7, 11) is -3.90. The molecule has 14 heteroatoms. The standard InChI is InChI=1S/C29H27ClF3N5O3S2/c1-18(22-5-2-3-13-34-22)36-26-16-19(15-23(37-26)20-7-9-21(10-8-20)29(31,32)33)17-35-28(39)24-6-4-14-38(24)43(40,41)27-12-11-25(30)42-27/h2-3,5,7-13,15-16,18,24H,4,6,14,17H2,1H3,(H,35,39)(H,36,37). The van der Waals surface area contributed by atoms with Crippen molar-refractivity contribution < 1.29 is 26.4 Å². The van der Waals surface area contributed by atoms with Gasteiger partial charge in [0.05, 0.1) is 27.3 Å². The molecule has 2 N–H and O–H groups in total. The average Bonchev–Trinajstić information content (AvgIpc) is 3.66. The Labute approximate surface area is 256 Å². The second-order valence-electron chi connectivity index (χ2n) is 9.99. The predicted octanol–water partition coefficient (Wildman–Crippen LogP) is 6.52. The van der Waals surface area contributed by atoms with Crippen LogP contribution in [0.4, 0.5) is 19.0 Å². The van der Waals surface area contributed by atoms with Crippen molar-refractivity contribution in [1.82, 2.24) is 19.6 Å². The number of thiophene rings is 1. The molecule has 226 valence electrons. The first-order valence-electron chi connectivity index (χ1n) is 13.3. The van der Waals surface area contributed by atoms with Gasteiger partial charge in [-0.25, -0.2) is 13.4 Å². The molecule has 0 saturated carbocycles. The molecule has 1 aliphatic rings. The lowest BCUT2D eigenvalue weighted by atomic mass is 10.1. The number of alkyl halides is 3. The summed E-state index contributed by atoms with van der Waals surface area (Å²) in [5, 5.41) is 6.11. The molecule has 4 aromatic rings. The molecule has 3 aromatic heterocycles. The monoisotopic (exact) mass is 649 g/mol. The van der Waals surface area contributed by atoms with E-state index in [2.05, 4.69) is 20.6 Å². The minimum Gasteiger partial charge on any atom is -0.362 e. The van der Waals surface area contributed by atoms with Gasteiger partial charge in [0, 0.05) is 24.8 Å². The van der Waals surface area contributed by atoms with Crippen LogP contribution in [0.2, 0.25) is 4.34 Å². The minimum absolute atomic E-state index is 0.0385. The minimum atomic E-state index is -4.47. The number of amides is 1. The van der Waals surface area contributed by atoms with Crippen LogP contribution in [0, 0.1) is 0 Å². The number of benzene rings is 1. The number of hydrogen-bond acceptors (Lipinski definition) is 7. The van der Waals surface area contributed by atoms with E-state index in [-0.39, 0.29) is 23.3 Å². The van der Waals surface area contributed by atoms with Gasteiger partial charge >= 0.3 is 6.18 Å². The van der Waals surface area contributed by atoms with Gasteiger partial charge < -0.3 is 10.6 Å². The molecule has 5 rings (SSSR count).